The van der Waals surface area contributed by atoms with Crippen molar-refractivity contribution in [2.45, 2.75) is 6.04 Å². The fraction of sp³-hybridized carbons (Fsp3) is 0.0385. The van der Waals surface area contributed by atoms with Gasteiger partial charge in [0.25, 0.3) is 5.91 Å². The number of nitrogens with one attached hydrogen (secondary N) is 1. The summed E-state index contributed by atoms with van der Waals surface area (Å²) in [5.74, 6) is -0.00600. The van der Waals surface area contributed by atoms with Crippen molar-refractivity contribution in [1.82, 2.24) is 5.32 Å². The van der Waals surface area contributed by atoms with Crippen molar-refractivity contribution >= 4 is 22.3 Å². The summed E-state index contributed by atoms with van der Waals surface area (Å²) in [4.78, 5) is 12.8. The minimum absolute atomic E-state index is 0.00600. The molecule has 0 saturated carbocycles. The molecule has 28 heavy (non-hydrogen) atoms. The zero-order valence-corrected chi connectivity index (χ0v) is 15.3. The maximum Gasteiger partial charge on any atom is 0.253 e. The summed E-state index contributed by atoms with van der Waals surface area (Å²) < 4.78 is 0. The molecule has 1 heterocycles. The largest absolute Gasteiger partial charge is 0.342 e. The molecular formula is C26H19NO. The summed E-state index contributed by atoms with van der Waals surface area (Å²) in [6, 6.07) is 32.7. The molecule has 0 fully saturated rings. The van der Waals surface area contributed by atoms with Crippen LogP contribution in [0.3, 0.4) is 0 Å². The molecule has 1 unspecified atom stereocenters. The fourth-order valence-corrected chi connectivity index (χ4v) is 3.98. The smallest absolute Gasteiger partial charge is 0.253 e. The van der Waals surface area contributed by atoms with Gasteiger partial charge in [0.15, 0.2) is 0 Å². The van der Waals surface area contributed by atoms with E-state index in [4.69, 9.17) is 0 Å². The van der Waals surface area contributed by atoms with Crippen LogP contribution in [0, 0.1) is 0 Å². The molecule has 1 atom stereocenters. The molecule has 2 heteroatoms. The molecule has 0 spiro atoms. The predicted octanol–water partition coefficient (Wildman–Crippen LogP) is 5.76. The summed E-state index contributed by atoms with van der Waals surface area (Å²) in [5, 5.41) is 5.26. The van der Waals surface area contributed by atoms with Crippen LogP contribution in [0.5, 0.6) is 0 Å². The van der Waals surface area contributed by atoms with Crippen molar-refractivity contribution in [1.29, 1.82) is 0 Å². The molecule has 4 aromatic rings. The second-order valence-electron chi connectivity index (χ2n) is 7.01. The van der Waals surface area contributed by atoms with Gasteiger partial charge in [0.2, 0.25) is 0 Å². The molecule has 1 aliphatic rings. The Balaban J connectivity index is 1.68. The Kier molecular flexibility index (Phi) is 4.02. The number of benzene rings is 4. The van der Waals surface area contributed by atoms with Crippen LogP contribution >= 0.6 is 0 Å². The minimum atomic E-state index is -0.150. The van der Waals surface area contributed by atoms with Crippen LogP contribution in [0.1, 0.15) is 33.1 Å². The Morgan fingerprint density at radius 2 is 1.32 bits per heavy atom. The Morgan fingerprint density at radius 1 is 0.714 bits per heavy atom. The van der Waals surface area contributed by atoms with E-state index in [2.05, 4.69) is 47.8 Å². The molecule has 0 aromatic heterocycles. The number of carbonyl (C=O) groups excluding carboxylic acids is 1. The lowest BCUT2D eigenvalue weighted by Crippen LogP contribution is -2.17. The molecule has 4 aromatic carbocycles. The van der Waals surface area contributed by atoms with Crippen LogP contribution < -0.4 is 5.32 Å². The molecular weight excluding hydrogens is 342 g/mol. The quantitative estimate of drug-likeness (QED) is 0.494. The van der Waals surface area contributed by atoms with Crippen molar-refractivity contribution in [3.63, 3.8) is 0 Å². The molecule has 5 rings (SSSR count). The zero-order chi connectivity index (χ0) is 18.9. The zero-order valence-electron chi connectivity index (χ0n) is 15.3. The summed E-state index contributed by atoms with van der Waals surface area (Å²) >= 11 is 0. The fourth-order valence-electron chi connectivity index (χ4n) is 3.98. The van der Waals surface area contributed by atoms with E-state index in [9.17, 15) is 4.79 Å². The van der Waals surface area contributed by atoms with Crippen LogP contribution in [-0.2, 0) is 0 Å². The van der Waals surface area contributed by atoms with Gasteiger partial charge in [-0.2, -0.15) is 0 Å². The van der Waals surface area contributed by atoms with Crippen LogP contribution in [0.15, 0.2) is 103 Å². The van der Waals surface area contributed by atoms with Gasteiger partial charge in [0.05, 0.1) is 11.6 Å². The van der Waals surface area contributed by atoms with Gasteiger partial charge >= 0.3 is 0 Å². The van der Waals surface area contributed by atoms with Gasteiger partial charge < -0.3 is 5.32 Å². The molecule has 0 saturated heterocycles. The highest BCUT2D eigenvalue weighted by molar-refractivity contribution is 6.11. The van der Waals surface area contributed by atoms with Gasteiger partial charge in [-0.15, -0.1) is 0 Å². The van der Waals surface area contributed by atoms with Crippen LogP contribution in [0.4, 0.5) is 0 Å². The number of hydrogen-bond donors (Lipinski definition) is 1. The summed E-state index contributed by atoms with van der Waals surface area (Å²) in [6.07, 6.45) is 2.17. The molecule has 0 radical (unpaired) electrons. The first-order valence-electron chi connectivity index (χ1n) is 9.46. The third-order valence-corrected chi connectivity index (χ3v) is 5.31. The number of amides is 1. The third-order valence-electron chi connectivity index (χ3n) is 5.31. The summed E-state index contributed by atoms with van der Waals surface area (Å²) in [7, 11) is 0. The second-order valence-corrected chi connectivity index (χ2v) is 7.01. The molecule has 1 N–H and O–H groups in total. The summed E-state index contributed by atoms with van der Waals surface area (Å²) in [5.41, 5.74) is 5.22. The van der Waals surface area contributed by atoms with Crippen molar-refractivity contribution < 1.29 is 4.79 Å². The highest BCUT2D eigenvalue weighted by Gasteiger charge is 2.29. The SMILES string of the molecule is O=C1NC(C=C(c2ccccc2)c2ccccc2)c2ccc3ccccc3c21. The van der Waals surface area contributed by atoms with Crippen molar-refractivity contribution in [3.8, 4) is 0 Å². The topological polar surface area (TPSA) is 29.1 Å². The van der Waals surface area contributed by atoms with E-state index in [-0.39, 0.29) is 11.9 Å². The Bertz CT molecular complexity index is 1150. The van der Waals surface area contributed by atoms with Crippen LogP contribution in [-0.4, -0.2) is 5.91 Å². The monoisotopic (exact) mass is 361 g/mol. The number of carbonyl (C=O) groups is 1. The van der Waals surface area contributed by atoms with Gasteiger partial charge in [-0.3, -0.25) is 4.79 Å². The van der Waals surface area contributed by atoms with Crippen LogP contribution in [0.25, 0.3) is 16.3 Å². The van der Waals surface area contributed by atoms with Crippen LogP contribution in [0.2, 0.25) is 0 Å². The van der Waals surface area contributed by atoms with E-state index in [1.165, 1.54) is 0 Å². The molecule has 0 aliphatic carbocycles. The first-order valence-corrected chi connectivity index (χ1v) is 9.46. The molecule has 1 aliphatic heterocycles. The standard InChI is InChI=1S/C26H19NO/c28-26-25-21-14-8-7-13-20(21)15-16-22(25)24(27-26)17-23(18-9-3-1-4-10-18)19-11-5-2-6-12-19/h1-17,24H,(H,27,28). The lowest BCUT2D eigenvalue weighted by molar-refractivity contribution is 0.0963. The van der Waals surface area contributed by atoms with Crippen molar-refractivity contribution in [2.75, 3.05) is 0 Å². The van der Waals surface area contributed by atoms with Gasteiger partial charge in [-0.25, -0.2) is 0 Å². The number of fused-ring (bicyclic) bond motifs is 3. The van der Waals surface area contributed by atoms with Gasteiger partial charge in [-0.1, -0.05) is 97.1 Å². The first-order chi connectivity index (χ1) is 13.8. The third kappa shape index (κ3) is 2.80. The van der Waals surface area contributed by atoms with Gasteiger partial charge in [0.1, 0.15) is 0 Å². The first kappa shape index (κ1) is 16.5. The van der Waals surface area contributed by atoms with E-state index >= 15 is 0 Å². The predicted molar refractivity (Wildman–Crippen MR) is 114 cm³/mol. The number of rotatable bonds is 3. The van der Waals surface area contributed by atoms with Gasteiger partial charge in [-0.05, 0) is 39.1 Å². The Morgan fingerprint density at radius 3 is 2.00 bits per heavy atom. The second kappa shape index (κ2) is 6.82. The Labute approximate surface area is 164 Å². The maximum atomic E-state index is 12.8. The van der Waals surface area contributed by atoms with E-state index < -0.39 is 0 Å². The lowest BCUT2D eigenvalue weighted by atomic mass is 9.92. The molecule has 0 bridgehead atoms. The van der Waals surface area contributed by atoms with E-state index in [0.717, 1.165) is 38.6 Å². The summed E-state index contributed by atoms with van der Waals surface area (Å²) in [6.45, 7) is 0. The molecule has 2 nitrogen and oxygen atoms in total. The average Bonchev–Trinajstić information content (AvgIpc) is 3.09. The maximum absolute atomic E-state index is 12.8. The van der Waals surface area contributed by atoms with E-state index in [1.54, 1.807) is 0 Å². The van der Waals surface area contributed by atoms with E-state index in [0.29, 0.717) is 0 Å². The average molecular weight is 361 g/mol. The van der Waals surface area contributed by atoms with Crippen molar-refractivity contribution in [2.24, 2.45) is 0 Å². The van der Waals surface area contributed by atoms with E-state index in [1.807, 2.05) is 60.7 Å². The lowest BCUT2D eigenvalue weighted by Gasteiger charge is -2.13. The molecule has 1 amide bonds. The Hall–Kier alpha value is -3.65. The molecule has 134 valence electrons. The normalized spacial score (nSPS) is 15.1. The van der Waals surface area contributed by atoms with Crippen molar-refractivity contribution in [3.05, 3.63) is 125 Å². The minimum Gasteiger partial charge on any atom is -0.342 e. The highest BCUT2D eigenvalue weighted by Crippen LogP contribution is 2.35. The number of hydrogen-bond acceptors (Lipinski definition) is 1. The highest BCUT2D eigenvalue weighted by atomic mass is 16.2. The van der Waals surface area contributed by atoms with Gasteiger partial charge in [0, 0.05) is 0 Å².